The maximum atomic E-state index is 10.3. The predicted molar refractivity (Wildman–Crippen MR) is 66.5 cm³/mol. The van der Waals surface area contributed by atoms with Crippen LogP contribution in [0.3, 0.4) is 0 Å². The van der Waals surface area contributed by atoms with Crippen molar-refractivity contribution >= 4 is 12.4 Å². The van der Waals surface area contributed by atoms with Gasteiger partial charge in [0.05, 0.1) is 0 Å². The minimum Gasteiger partial charge on any atom is -0.464 e. The van der Waals surface area contributed by atoms with Crippen LogP contribution in [0.2, 0.25) is 0 Å². The number of benzene rings is 1. The molecule has 0 radical (unpaired) electrons. The fraction of sp³-hybridized carbons (Fsp3) is 0.308. The predicted octanol–water partition coefficient (Wildman–Crippen LogP) is 1.86. The largest absolute Gasteiger partial charge is 0.464 e. The topological polar surface area (TPSA) is 54.0 Å². The number of hydrogen-bond donors (Lipinski definition) is 0. The van der Waals surface area contributed by atoms with Crippen molar-refractivity contribution in [2.45, 2.75) is 0 Å². The molecule has 18 heavy (non-hydrogen) atoms. The Kier molecular flexibility index (Phi) is 6.53. The minimum atomic E-state index is 0.115. The van der Waals surface area contributed by atoms with Crippen molar-refractivity contribution in [3.63, 3.8) is 0 Å². The molecule has 0 saturated heterocycles. The van der Waals surface area contributed by atoms with Crippen LogP contribution < -0.4 is 9.47 Å². The van der Waals surface area contributed by atoms with Crippen LogP contribution in [0, 0.1) is 0 Å². The van der Waals surface area contributed by atoms with Gasteiger partial charge in [-0.25, -0.2) is 0 Å². The van der Waals surface area contributed by atoms with Crippen LogP contribution in [0.5, 0.6) is 11.5 Å². The number of methoxy groups -OCH3 is 2. The van der Waals surface area contributed by atoms with E-state index in [1.165, 1.54) is 20.3 Å². The Bertz CT molecular complexity index is 400. The Hall–Kier alpha value is -1.85. The molecule has 0 N–H and O–H groups in total. The van der Waals surface area contributed by atoms with Gasteiger partial charge in [-0.05, 0) is 23.8 Å². The lowest BCUT2D eigenvalue weighted by Gasteiger charge is -2.12. The van der Waals surface area contributed by atoms with Gasteiger partial charge in [-0.2, -0.15) is 0 Å². The van der Waals surface area contributed by atoms with Gasteiger partial charge in [0.25, 0.3) is 0 Å². The molecule has 0 heterocycles. The molecule has 0 saturated carbocycles. The van der Waals surface area contributed by atoms with Crippen LogP contribution in [0.25, 0.3) is 6.08 Å². The molecule has 0 unspecified atom stereocenters. The van der Waals surface area contributed by atoms with Crippen molar-refractivity contribution in [3.05, 3.63) is 29.8 Å². The van der Waals surface area contributed by atoms with Crippen molar-refractivity contribution in [2.75, 3.05) is 27.8 Å². The zero-order chi connectivity index (χ0) is 13.2. The SMILES string of the molecule is COCOc1ccc(/C=C/C=O)cc1OCOC. The molecule has 0 spiro atoms. The van der Waals surface area contributed by atoms with Crippen LogP contribution in [0.4, 0.5) is 0 Å². The van der Waals surface area contributed by atoms with Gasteiger partial charge in [-0.15, -0.1) is 0 Å². The third kappa shape index (κ3) is 4.57. The van der Waals surface area contributed by atoms with Gasteiger partial charge in [-0.3, -0.25) is 4.79 Å². The summed E-state index contributed by atoms with van der Waals surface area (Å²) < 4.78 is 20.4. The lowest BCUT2D eigenvalue weighted by molar-refractivity contribution is -0.104. The molecule has 0 aromatic heterocycles. The maximum absolute atomic E-state index is 10.3. The second-order valence-electron chi connectivity index (χ2n) is 3.30. The Morgan fingerprint density at radius 3 is 2.33 bits per heavy atom. The summed E-state index contributed by atoms with van der Waals surface area (Å²) in [7, 11) is 3.07. The Balaban J connectivity index is 2.88. The second kappa shape index (κ2) is 8.27. The molecule has 0 amide bonds. The van der Waals surface area contributed by atoms with Gasteiger partial charge in [0.2, 0.25) is 0 Å². The quantitative estimate of drug-likeness (QED) is 0.401. The van der Waals surface area contributed by atoms with E-state index >= 15 is 0 Å². The lowest BCUT2D eigenvalue weighted by atomic mass is 10.2. The third-order valence-electron chi connectivity index (χ3n) is 2.00. The van der Waals surface area contributed by atoms with E-state index in [1.807, 2.05) is 6.07 Å². The van der Waals surface area contributed by atoms with Crippen LogP contribution in [0.15, 0.2) is 24.3 Å². The number of carbonyl (C=O) groups is 1. The van der Waals surface area contributed by atoms with E-state index in [2.05, 4.69) is 0 Å². The first kappa shape index (κ1) is 14.2. The summed E-state index contributed by atoms with van der Waals surface area (Å²) in [4.78, 5) is 10.3. The average molecular weight is 252 g/mol. The normalized spacial score (nSPS) is 10.6. The van der Waals surface area contributed by atoms with Gasteiger partial charge >= 0.3 is 0 Å². The first-order valence-electron chi connectivity index (χ1n) is 5.31. The number of allylic oxidation sites excluding steroid dienone is 1. The molecule has 1 aromatic carbocycles. The number of hydrogen-bond acceptors (Lipinski definition) is 5. The van der Waals surface area contributed by atoms with Crippen molar-refractivity contribution in [2.24, 2.45) is 0 Å². The molecule has 5 heteroatoms. The molecule has 0 aliphatic carbocycles. The van der Waals surface area contributed by atoms with E-state index in [0.29, 0.717) is 17.8 Å². The van der Waals surface area contributed by atoms with Crippen LogP contribution >= 0.6 is 0 Å². The van der Waals surface area contributed by atoms with E-state index in [-0.39, 0.29) is 13.6 Å². The van der Waals surface area contributed by atoms with Crippen LogP contribution in [-0.4, -0.2) is 34.1 Å². The molecule has 0 atom stereocenters. The van der Waals surface area contributed by atoms with Crippen molar-refractivity contribution in [1.82, 2.24) is 0 Å². The summed E-state index contributed by atoms with van der Waals surface area (Å²) in [5.74, 6) is 1.08. The molecular weight excluding hydrogens is 236 g/mol. The van der Waals surface area contributed by atoms with Crippen LogP contribution in [-0.2, 0) is 14.3 Å². The summed E-state index contributed by atoms with van der Waals surface area (Å²) in [6.45, 7) is 0.247. The van der Waals surface area contributed by atoms with Gasteiger partial charge in [0, 0.05) is 14.2 Å². The summed E-state index contributed by atoms with van der Waals surface area (Å²) in [5.41, 5.74) is 0.831. The monoisotopic (exact) mass is 252 g/mol. The van der Waals surface area contributed by atoms with Gasteiger partial charge in [-0.1, -0.05) is 12.1 Å². The van der Waals surface area contributed by atoms with Gasteiger partial charge in [0.1, 0.15) is 6.29 Å². The highest BCUT2D eigenvalue weighted by atomic mass is 16.7. The molecular formula is C13H16O5. The molecule has 0 aliphatic rings. The molecule has 0 fully saturated rings. The zero-order valence-corrected chi connectivity index (χ0v) is 10.4. The van der Waals surface area contributed by atoms with Crippen molar-refractivity contribution in [1.29, 1.82) is 0 Å². The highest BCUT2D eigenvalue weighted by Crippen LogP contribution is 2.29. The summed E-state index contributed by atoms with van der Waals surface area (Å²) in [6, 6.07) is 5.31. The highest BCUT2D eigenvalue weighted by Gasteiger charge is 2.05. The number of rotatable bonds is 8. The fourth-order valence-electron chi connectivity index (χ4n) is 1.26. The third-order valence-corrected chi connectivity index (χ3v) is 2.00. The first-order valence-corrected chi connectivity index (χ1v) is 5.31. The number of aldehydes is 1. The van der Waals surface area contributed by atoms with E-state index in [0.717, 1.165) is 5.56 Å². The van der Waals surface area contributed by atoms with Crippen LogP contribution in [0.1, 0.15) is 5.56 Å². The molecule has 1 aromatic rings. The molecule has 0 bridgehead atoms. The summed E-state index contributed by atoms with van der Waals surface area (Å²) in [5, 5.41) is 0. The zero-order valence-electron chi connectivity index (χ0n) is 10.4. The average Bonchev–Trinajstić information content (AvgIpc) is 2.41. The van der Waals surface area contributed by atoms with Gasteiger partial charge in [0.15, 0.2) is 25.1 Å². The fourth-order valence-corrected chi connectivity index (χ4v) is 1.26. The van der Waals surface area contributed by atoms with Crippen molar-refractivity contribution < 1.29 is 23.7 Å². The molecule has 1 rings (SSSR count). The molecule has 0 aliphatic heterocycles. The number of ether oxygens (including phenoxy) is 4. The van der Waals surface area contributed by atoms with Crippen molar-refractivity contribution in [3.8, 4) is 11.5 Å². The van der Waals surface area contributed by atoms with E-state index < -0.39 is 0 Å². The minimum absolute atomic E-state index is 0.115. The summed E-state index contributed by atoms with van der Waals surface area (Å²) >= 11 is 0. The second-order valence-corrected chi connectivity index (χ2v) is 3.30. The first-order chi connectivity index (χ1) is 8.81. The standard InChI is InChI=1S/C13H16O5/c1-15-9-17-12-6-5-11(4-3-7-14)8-13(12)18-10-16-2/h3-8H,9-10H2,1-2H3/b4-3+. The van der Waals surface area contributed by atoms with E-state index in [1.54, 1.807) is 18.2 Å². The van der Waals surface area contributed by atoms with Gasteiger partial charge < -0.3 is 18.9 Å². The number of carbonyl (C=O) groups excluding carboxylic acids is 1. The van der Waals surface area contributed by atoms with E-state index in [9.17, 15) is 4.79 Å². The Labute approximate surface area is 106 Å². The molecule has 98 valence electrons. The molecule has 5 nitrogen and oxygen atoms in total. The lowest BCUT2D eigenvalue weighted by Crippen LogP contribution is -2.04. The Morgan fingerprint density at radius 2 is 1.72 bits per heavy atom. The Morgan fingerprint density at radius 1 is 1.06 bits per heavy atom. The maximum Gasteiger partial charge on any atom is 0.188 e. The summed E-state index contributed by atoms with van der Waals surface area (Å²) in [6.07, 6.45) is 3.79. The van der Waals surface area contributed by atoms with E-state index in [4.69, 9.17) is 18.9 Å². The highest BCUT2D eigenvalue weighted by molar-refractivity contribution is 5.74. The smallest absolute Gasteiger partial charge is 0.188 e.